The minimum atomic E-state index is -1.50. The molecule has 2 bridgehead atoms. The summed E-state index contributed by atoms with van der Waals surface area (Å²) in [5, 5.41) is 55.4. The van der Waals surface area contributed by atoms with Crippen LogP contribution in [0.1, 0.15) is 74.9 Å². The van der Waals surface area contributed by atoms with Crippen molar-refractivity contribution in [1.82, 2.24) is 4.90 Å². The maximum Gasteiger partial charge on any atom is 0.228 e. The normalized spacial score (nSPS) is 34.6. The topological polar surface area (TPSA) is 166 Å². The third kappa shape index (κ3) is 3.38. The van der Waals surface area contributed by atoms with Crippen LogP contribution in [0, 0.1) is 0 Å². The monoisotopic (exact) mass is 541 g/mol. The first-order valence-electron chi connectivity index (χ1n) is 12.7. The van der Waals surface area contributed by atoms with Gasteiger partial charge in [-0.25, -0.2) is 0 Å². The van der Waals surface area contributed by atoms with Gasteiger partial charge in [0.05, 0.1) is 34.4 Å². The number of aliphatic hydroxyl groups is 3. The van der Waals surface area contributed by atoms with E-state index in [0.717, 1.165) is 0 Å². The summed E-state index contributed by atoms with van der Waals surface area (Å²) in [6.45, 7) is 3.19. The van der Waals surface area contributed by atoms with E-state index in [1.807, 2.05) is 0 Å². The lowest BCUT2D eigenvalue weighted by Gasteiger charge is -2.53. The zero-order chi connectivity index (χ0) is 28.3. The van der Waals surface area contributed by atoms with Crippen LogP contribution in [0.15, 0.2) is 12.1 Å². The summed E-state index contributed by atoms with van der Waals surface area (Å²) < 4.78 is 17.4. The van der Waals surface area contributed by atoms with Crippen LogP contribution in [0.2, 0.25) is 0 Å². The van der Waals surface area contributed by atoms with Crippen molar-refractivity contribution in [3.05, 3.63) is 51.1 Å². The molecule has 2 heterocycles. The Morgan fingerprint density at radius 2 is 1.74 bits per heavy atom. The summed E-state index contributed by atoms with van der Waals surface area (Å²) in [6, 6.07) is 1.90. The van der Waals surface area contributed by atoms with Gasteiger partial charge in [0.1, 0.15) is 35.1 Å². The van der Waals surface area contributed by atoms with E-state index in [4.69, 9.17) is 14.2 Å². The second-order valence-electron chi connectivity index (χ2n) is 11.6. The molecule has 1 saturated heterocycles. The Morgan fingerprint density at radius 3 is 2.38 bits per heavy atom. The number of nitrogens with zero attached hydrogens (tertiary/aromatic N) is 1. The quantitative estimate of drug-likeness (QED) is 0.312. The van der Waals surface area contributed by atoms with Crippen LogP contribution in [0.3, 0.4) is 0 Å². The fourth-order valence-corrected chi connectivity index (χ4v) is 6.76. The number of carbonyl (C=O) groups excluding carboxylic acids is 2. The number of likely N-dealkylation sites (N-methyl/N-ethyl adjacent to an activating group) is 1. The van der Waals surface area contributed by atoms with E-state index < -0.39 is 64.9 Å². The second-order valence-corrected chi connectivity index (χ2v) is 11.6. The summed E-state index contributed by atoms with van der Waals surface area (Å²) >= 11 is 0. The highest BCUT2D eigenvalue weighted by Crippen LogP contribution is 2.54. The van der Waals surface area contributed by atoms with Crippen molar-refractivity contribution in [2.75, 3.05) is 21.2 Å². The molecule has 11 heteroatoms. The number of hydrogen-bond acceptors (Lipinski definition) is 11. The third-order valence-corrected chi connectivity index (χ3v) is 8.66. The summed E-state index contributed by atoms with van der Waals surface area (Å²) in [4.78, 5) is 29.5. The van der Waals surface area contributed by atoms with Gasteiger partial charge in [-0.3, -0.25) is 9.59 Å². The van der Waals surface area contributed by atoms with Gasteiger partial charge in [-0.1, -0.05) is 0 Å². The van der Waals surface area contributed by atoms with Gasteiger partial charge in [0.2, 0.25) is 12.1 Å². The molecule has 4 aliphatic rings. The van der Waals surface area contributed by atoms with Gasteiger partial charge in [0.25, 0.3) is 0 Å². The molecule has 0 amide bonds. The molecule has 0 aromatic heterocycles. The van der Waals surface area contributed by atoms with Gasteiger partial charge in [-0.15, -0.1) is 0 Å². The molecule has 5 N–H and O–H groups in total. The van der Waals surface area contributed by atoms with E-state index in [2.05, 4.69) is 0 Å². The van der Waals surface area contributed by atoms with Crippen LogP contribution in [0.4, 0.5) is 0 Å². The van der Waals surface area contributed by atoms with Crippen molar-refractivity contribution in [3.8, 4) is 17.2 Å². The van der Waals surface area contributed by atoms with Crippen LogP contribution in [0.5, 0.6) is 17.2 Å². The maximum atomic E-state index is 14.1. The van der Waals surface area contributed by atoms with Crippen LogP contribution >= 0.6 is 0 Å². The smallest absolute Gasteiger partial charge is 0.228 e. The number of aliphatic hydroxyl groups excluding tert-OH is 2. The molecule has 2 unspecified atom stereocenters. The molecule has 6 rings (SSSR count). The summed E-state index contributed by atoms with van der Waals surface area (Å²) in [5.74, 6) is -2.54. The zero-order valence-corrected chi connectivity index (χ0v) is 22.2. The highest BCUT2D eigenvalue weighted by molar-refractivity contribution is 6.31. The first-order chi connectivity index (χ1) is 18.2. The van der Waals surface area contributed by atoms with Crippen molar-refractivity contribution >= 4 is 11.6 Å². The number of aromatic hydroxyl groups is 2. The number of carbonyl (C=O) groups is 2. The lowest BCUT2D eigenvalue weighted by Crippen LogP contribution is -2.68. The van der Waals surface area contributed by atoms with Gasteiger partial charge in [-0.05, 0) is 45.6 Å². The number of ketones is 2. The Bertz CT molecular complexity index is 1450. The van der Waals surface area contributed by atoms with E-state index >= 15 is 0 Å². The highest BCUT2D eigenvalue weighted by atomic mass is 16.7. The molecule has 0 saturated carbocycles. The molecule has 0 radical (unpaired) electrons. The molecule has 208 valence electrons. The van der Waals surface area contributed by atoms with E-state index in [1.165, 1.54) is 19.2 Å². The first-order valence-corrected chi connectivity index (χ1v) is 12.7. The molecule has 39 heavy (non-hydrogen) atoms. The van der Waals surface area contributed by atoms with Crippen LogP contribution in [-0.4, -0.2) is 93.3 Å². The molecular formula is C28H31NO10. The van der Waals surface area contributed by atoms with E-state index in [-0.39, 0.29) is 46.4 Å². The van der Waals surface area contributed by atoms with Gasteiger partial charge < -0.3 is 44.6 Å². The molecule has 2 aliphatic heterocycles. The Labute approximate surface area is 224 Å². The minimum Gasteiger partial charge on any atom is -0.507 e. The number of methoxy groups -OCH3 is 1. The van der Waals surface area contributed by atoms with Crippen LogP contribution < -0.4 is 4.74 Å². The molecule has 2 aromatic carbocycles. The number of hydrogen-bond donors (Lipinski definition) is 5. The number of benzene rings is 2. The minimum absolute atomic E-state index is 0.0835. The Morgan fingerprint density at radius 1 is 1.05 bits per heavy atom. The molecular weight excluding hydrogens is 510 g/mol. The highest BCUT2D eigenvalue weighted by Gasteiger charge is 2.59. The number of ether oxygens (including phenoxy) is 3. The molecule has 11 nitrogen and oxygen atoms in total. The largest absolute Gasteiger partial charge is 0.507 e. The van der Waals surface area contributed by atoms with E-state index in [0.29, 0.717) is 11.1 Å². The lowest BCUT2D eigenvalue weighted by molar-refractivity contribution is -0.311. The summed E-state index contributed by atoms with van der Waals surface area (Å²) in [5.41, 5.74) is -2.71. The standard InChI is InChI=1S/C28H31NO10/c1-27(36)8-10-6-11-16(21(32)15(10)14(9-27)37-5)22(33)17-13(30)7-12-24(18(17)20(11)31)38-26-23(34)19(29(3)4)25(35)28(12,2)39-26/h6-7,14,19,23,25-26,30,32,34-36H,8-9H2,1-5H3/t14-,19-,23-,25+,26?,27+,28?/m0/s1. The van der Waals surface area contributed by atoms with Gasteiger partial charge in [-0.2, -0.15) is 0 Å². The maximum absolute atomic E-state index is 14.1. The Balaban J connectivity index is 1.58. The predicted molar refractivity (Wildman–Crippen MR) is 134 cm³/mol. The Hall–Kier alpha value is -3.06. The number of rotatable bonds is 2. The van der Waals surface area contributed by atoms with E-state index in [9.17, 15) is 35.1 Å². The van der Waals surface area contributed by atoms with Crippen molar-refractivity contribution in [2.24, 2.45) is 0 Å². The SMILES string of the molecule is CO[C@H]1C[C@](C)(O)Cc2cc3c(c(O)c21)C(=O)c1c(O)cc2c(c1C3=O)OC1OC2(C)[C@H](O)[C@@H](N(C)C)[C@@H]1O. The van der Waals surface area contributed by atoms with Crippen molar-refractivity contribution in [2.45, 2.75) is 68.5 Å². The van der Waals surface area contributed by atoms with E-state index in [1.54, 1.807) is 32.8 Å². The van der Waals surface area contributed by atoms with Crippen LogP contribution in [0.25, 0.3) is 0 Å². The zero-order valence-electron chi connectivity index (χ0n) is 22.2. The molecule has 1 fully saturated rings. The molecule has 2 aliphatic carbocycles. The average molecular weight is 542 g/mol. The average Bonchev–Trinajstić information content (AvgIpc) is 2.84. The van der Waals surface area contributed by atoms with Crippen molar-refractivity contribution in [1.29, 1.82) is 0 Å². The molecule has 0 spiro atoms. The Kier molecular flexibility index (Phi) is 5.52. The van der Waals surface area contributed by atoms with Crippen LogP contribution in [-0.2, 0) is 21.5 Å². The second kappa shape index (κ2) is 8.23. The first kappa shape index (κ1) is 26.2. The molecule has 7 atom stereocenters. The fourth-order valence-electron chi connectivity index (χ4n) is 6.76. The lowest BCUT2D eigenvalue weighted by atomic mass is 9.72. The third-order valence-electron chi connectivity index (χ3n) is 8.66. The van der Waals surface area contributed by atoms with Crippen molar-refractivity contribution in [3.63, 3.8) is 0 Å². The summed E-state index contributed by atoms with van der Waals surface area (Å²) in [7, 11) is 4.80. The fraction of sp³-hybridized carbons (Fsp3) is 0.500. The number of phenols is 2. The number of fused-ring (bicyclic) bond motifs is 8. The van der Waals surface area contributed by atoms with Gasteiger partial charge in [0.15, 0.2) is 5.78 Å². The predicted octanol–water partition coefficient (Wildman–Crippen LogP) is 0.874. The van der Waals surface area contributed by atoms with Gasteiger partial charge >= 0.3 is 0 Å². The molecule has 2 aromatic rings. The van der Waals surface area contributed by atoms with Crippen molar-refractivity contribution < 1.29 is 49.3 Å². The summed E-state index contributed by atoms with van der Waals surface area (Å²) in [6.07, 6.45) is -4.29. The van der Waals surface area contributed by atoms with Gasteiger partial charge in [0, 0.05) is 36.6 Å². The number of phenolic OH excluding ortho intramolecular Hbond substituents is 2.